The number of hydrogen-bond acceptors (Lipinski definition) is 4. The van der Waals surface area contributed by atoms with Crippen molar-refractivity contribution in [1.82, 2.24) is 9.21 Å². The maximum absolute atomic E-state index is 12.8. The van der Waals surface area contributed by atoms with Crippen LogP contribution in [0.3, 0.4) is 0 Å². The van der Waals surface area contributed by atoms with Crippen LogP contribution >= 0.6 is 15.9 Å². The second-order valence-corrected chi connectivity index (χ2v) is 9.65. The van der Waals surface area contributed by atoms with E-state index >= 15 is 0 Å². The van der Waals surface area contributed by atoms with E-state index in [1.165, 1.54) is 4.31 Å². The summed E-state index contributed by atoms with van der Waals surface area (Å²) >= 11 is 3.30. The summed E-state index contributed by atoms with van der Waals surface area (Å²) in [4.78, 5) is 14.0. The number of sulfonamides is 1. The third-order valence-corrected chi connectivity index (χ3v) is 6.12. The lowest BCUT2D eigenvalue weighted by Gasteiger charge is -2.39. The Morgan fingerprint density at radius 1 is 1.29 bits per heavy atom. The van der Waals surface area contributed by atoms with Gasteiger partial charge in [0.1, 0.15) is 5.60 Å². The number of carbonyl (C=O) groups is 1. The van der Waals surface area contributed by atoms with Crippen LogP contribution < -0.4 is 0 Å². The molecule has 0 N–H and O–H groups in total. The Kier molecular flexibility index (Phi) is 5.61. The van der Waals surface area contributed by atoms with Crippen molar-refractivity contribution in [2.75, 3.05) is 19.6 Å². The van der Waals surface area contributed by atoms with E-state index in [9.17, 15) is 13.2 Å². The summed E-state index contributed by atoms with van der Waals surface area (Å²) in [7, 11) is -3.59. The van der Waals surface area contributed by atoms with Crippen molar-refractivity contribution in [2.45, 2.75) is 44.2 Å². The number of halogens is 1. The number of nitrogens with zero attached hydrogens (tertiary/aromatic N) is 2. The first kappa shape index (κ1) is 19.2. The zero-order valence-electron chi connectivity index (χ0n) is 14.3. The Morgan fingerprint density at radius 2 is 1.96 bits per heavy atom. The predicted molar refractivity (Wildman–Crippen MR) is 95.3 cm³/mol. The van der Waals surface area contributed by atoms with Crippen LogP contribution in [-0.2, 0) is 14.8 Å². The van der Waals surface area contributed by atoms with Crippen LogP contribution in [-0.4, -0.2) is 55.0 Å². The minimum absolute atomic E-state index is 0.245. The molecule has 2 rings (SSSR count). The highest BCUT2D eigenvalue weighted by molar-refractivity contribution is 9.10. The van der Waals surface area contributed by atoms with Crippen molar-refractivity contribution >= 4 is 32.0 Å². The van der Waals surface area contributed by atoms with Crippen LogP contribution in [0.1, 0.15) is 27.7 Å². The zero-order valence-corrected chi connectivity index (χ0v) is 16.7. The van der Waals surface area contributed by atoms with Gasteiger partial charge in [-0.2, -0.15) is 4.31 Å². The highest BCUT2D eigenvalue weighted by atomic mass is 79.9. The molecule has 1 fully saturated rings. The fourth-order valence-electron chi connectivity index (χ4n) is 2.55. The molecule has 1 aliphatic heterocycles. The van der Waals surface area contributed by atoms with Crippen LogP contribution in [0.2, 0.25) is 0 Å². The fourth-order valence-corrected chi connectivity index (χ4v) is 4.76. The Labute approximate surface area is 151 Å². The van der Waals surface area contributed by atoms with Crippen LogP contribution in [0.5, 0.6) is 0 Å². The van der Waals surface area contributed by atoms with Gasteiger partial charge in [0.05, 0.1) is 4.90 Å². The van der Waals surface area contributed by atoms with Crippen molar-refractivity contribution in [3.05, 3.63) is 28.7 Å². The lowest BCUT2D eigenvalue weighted by atomic mass is 10.2. The van der Waals surface area contributed by atoms with E-state index in [-0.39, 0.29) is 17.5 Å². The van der Waals surface area contributed by atoms with E-state index in [0.29, 0.717) is 17.6 Å². The molecule has 1 heterocycles. The van der Waals surface area contributed by atoms with Crippen LogP contribution in [0, 0.1) is 0 Å². The normalized spacial score (nSPS) is 20.0. The molecule has 1 saturated heterocycles. The minimum atomic E-state index is -3.59. The molecular weight excluding hydrogens is 396 g/mol. The van der Waals surface area contributed by atoms with Crippen molar-refractivity contribution in [2.24, 2.45) is 0 Å². The molecular formula is C16H23BrN2O4S. The number of piperazine rings is 1. The van der Waals surface area contributed by atoms with E-state index in [2.05, 4.69) is 15.9 Å². The summed E-state index contributed by atoms with van der Waals surface area (Å²) in [6.07, 6.45) is -0.408. The number of amides is 1. The SMILES string of the molecule is C[C@H]1CN(C(=O)OC(C)(C)C)CCN1S(=O)(=O)c1cccc(Br)c1. The van der Waals surface area contributed by atoms with Gasteiger partial charge in [0.2, 0.25) is 10.0 Å². The predicted octanol–water partition coefficient (Wildman–Crippen LogP) is 3.08. The van der Waals surface area contributed by atoms with Crippen molar-refractivity contribution in [1.29, 1.82) is 0 Å². The van der Waals surface area contributed by atoms with E-state index < -0.39 is 21.7 Å². The third-order valence-electron chi connectivity index (χ3n) is 3.62. The number of benzene rings is 1. The fraction of sp³-hybridized carbons (Fsp3) is 0.562. The van der Waals surface area contributed by atoms with Gasteiger partial charge in [-0.15, -0.1) is 0 Å². The summed E-state index contributed by atoms with van der Waals surface area (Å²) < 4.78 is 33.2. The van der Waals surface area contributed by atoms with E-state index in [1.54, 1.807) is 36.1 Å². The summed E-state index contributed by atoms with van der Waals surface area (Å²) in [5.74, 6) is 0. The monoisotopic (exact) mass is 418 g/mol. The maximum atomic E-state index is 12.8. The van der Waals surface area contributed by atoms with Gasteiger partial charge in [-0.25, -0.2) is 13.2 Å². The first-order valence-corrected chi connectivity index (χ1v) is 9.99. The van der Waals surface area contributed by atoms with Gasteiger partial charge in [0.25, 0.3) is 0 Å². The molecule has 0 aliphatic carbocycles. The molecule has 1 amide bonds. The number of carbonyl (C=O) groups excluding carboxylic acids is 1. The third kappa shape index (κ3) is 4.49. The first-order valence-electron chi connectivity index (χ1n) is 7.76. The smallest absolute Gasteiger partial charge is 0.410 e. The average Bonchev–Trinajstić information content (AvgIpc) is 2.45. The van der Waals surface area contributed by atoms with Gasteiger partial charge in [0.15, 0.2) is 0 Å². The highest BCUT2D eigenvalue weighted by Crippen LogP contribution is 2.24. The van der Waals surface area contributed by atoms with Crippen LogP contribution in [0.15, 0.2) is 33.6 Å². The minimum Gasteiger partial charge on any atom is -0.444 e. The van der Waals surface area contributed by atoms with E-state index in [1.807, 2.05) is 20.8 Å². The molecule has 1 aliphatic rings. The van der Waals surface area contributed by atoms with Gasteiger partial charge in [-0.05, 0) is 45.9 Å². The largest absolute Gasteiger partial charge is 0.444 e. The Morgan fingerprint density at radius 3 is 2.50 bits per heavy atom. The lowest BCUT2D eigenvalue weighted by molar-refractivity contribution is 0.0143. The van der Waals surface area contributed by atoms with Gasteiger partial charge >= 0.3 is 6.09 Å². The molecule has 0 radical (unpaired) electrons. The molecule has 0 aromatic heterocycles. The maximum Gasteiger partial charge on any atom is 0.410 e. The molecule has 8 heteroatoms. The lowest BCUT2D eigenvalue weighted by Crippen LogP contribution is -2.55. The quantitative estimate of drug-likeness (QED) is 0.739. The first-order chi connectivity index (χ1) is 11.0. The second kappa shape index (κ2) is 7.01. The molecule has 1 atom stereocenters. The Balaban J connectivity index is 2.12. The van der Waals surface area contributed by atoms with E-state index in [0.717, 1.165) is 0 Å². The highest BCUT2D eigenvalue weighted by Gasteiger charge is 2.36. The molecule has 0 unspecified atom stereocenters. The van der Waals surface area contributed by atoms with Gasteiger partial charge in [-0.3, -0.25) is 0 Å². The summed E-state index contributed by atoms with van der Waals surface area (Å²) in [5, 5.41) is 0. The summed E-state index contributed by atoms with van der Waals surface area (Å²) in [6.45, 7) is 8.09. The average molecular weight is 419 g/mol. The Bertz CT molecular complexity index is 715. The van der Waals surface area contributed by atoms with Crippen LogP contribution in [0.4, 0.5) is 4.79 Å². The zero-order chi connectivity index (χ0) is 18.1. The van der Waals surface area contributed by atoms with Crippen molar-refractivity contribution < 1.29 is 17.9 Å². The van der Waals surface area contributed by atoms with Gasteiger partial charge in [0, 0.05) is 30.1 Å². The summed E-state index contributed by atoms with van der Waals surface area (Å²) in [6, 6.07) is 6.31. The second-order valence-electron chi connectivity index (χ2n) is 6.85. The molecule has 6 nitrogen and oxygen atoms in total. The molecule has 1 aromatic carbocycles. The molecule has 134 valence electrons. The topological polar surface area (TPSA) is 66.9 Å². The van der Waals surface area contributed by atoms with Gasteiger partial charge < -0.3 is 9.64 Å². The van der Waals surface area contributed by atoms with Gasteiger partial charge in [-0.1, -0.05) is 22.0 Å². The Hall–Kier alpha value is -1.12. The van der Waals surface area contributed by atoms with E-state index in [4.69, 9.17) is 4.74 Å². The standard InChI is InChI=1S/C16H23BrN2O4S/c1-12-11-18(15(20)23-16(2,3)4)8-9-19(12)24(21,22)14-7-5-6-13(17)10-14/h5-7,10,12H,8-9,11H2,1-4H3/t12-/m0/s1. The number of rotatable bonds is 2. The molecule has 0 spiro atoms. The summed E-state index contributed by atoms with van der Waals surface area (Å²) in [5.41, 5.74) is -0.570. The molecule has 24 heavy (non-hydrogen) atoms. The van der Waals surface area contributed by atoms with Crippen molar-refractivity contribution in [3.8, 4) is 0 Å². The molecule has 1 aromatic rings. The van der Waals surface area contributed by atoms with Crippen molar-refractivity contribution in [3.63, 3.8) is 0 Å². The number of ether oxygens (including phenoxy) is 1. The number of hydrogen-bond donors (Lipinski definition) is 0. The van der Waals surface area contributed by atoms with Crippen LogP contribution in [0.25, 0.3) is 0 Å². The molecule has 0 bridgehead atoms. The molecule has 0 saturated carbocycles.